The van der Waals surface area contributed by atoms with Gasteiger partial charge in [0.15, 0.2) is 5.82 Å². The van der Waals surface area contributed by atoms with Crippen LogP contribution >= 0.6 is 23.1 Å². The molecule has 0 radical (unpaired) electrons. The topological polar surface area (TPSA) is 71.5 Å². The number of rotatable bonds is 7. The van der Waals surface area contributed by atoms with Gasteiger partial charge in [-0.3, -0.25) is 14.1 Å². The summed E-state index contributed by atoms with van der Waals surface area (Å²) >= 11 is 8.09. The van der Waals surface area contributed by atoms with Gasteiger partial charge in [0.2, 0.25) is 12.6 Å². The lowest BCUT2D eigenvalue weighted by molar-refractivity contribution is -0.943. The highest BCUT2D eigenvalue weighted by molar-refractivity contribution is 7.13. The number of hydrogen-bond acceptors (Lipinski definition) is 6. The molecule has 1 fully saturated rings. The van der Waals surface area contributed by atoms with Gasteiger partial charge >= 0.3 is 5.97 Å². The van der Waals surface area contributed by atoms with Gasteiger partial charge in [-0.1, -0.05) is 36.7 Å². The van der Waals surface area contributed by atoms with Crippen molar-refractivity contribution in [1.29, 1.82) is 0 Å². The number of piperazine rings is 1. The first-order valence-electron chi connectivity index (χ1n) is 11.7. The molecule has 5 rings (SSSR count). The lowest BCUT2D eigenvalue weighted by Crippen LogP contribution is -2.61. The molecular formula is C26H31ClN4O3S. The summed E-state index contributed by atoms with van der Waals surface area (Å²) < 4.78 is 12.3. The third-order valence-electron chi connectivity index (χ3n) is 6.89. The lowest BCUT2D eigenvalue weighted by atomic mass is 10.0. The van der Waals surface area contributed by atoms with Crippen LogP contribution in [0.15, 0.2) is 36.4 Å². The van der Waals surface area contributed by atoms with Crippen LogP contribution in [0.5, 0.6) is 0 Å². The van der Waals surface area contributed by atoms with E-state index in [2.05, 4.69) is 28.4 Å². The van der Waals surface area contributed by atoms with Crippen molar-refractivity contribution in [2.45, 2.75) is 26.2 Å². The number of carbonyl (C=O) groups excluding carboxylic acids is 2. The van der Waals surface area contributed by atoms with E-state index in [1.165, 1.54) is 21.6 Å². The Morgan fingerprint density at radius 3 is 2.80 bits per heavy atom. The summed E-state index contributed by atoms with van der Waals surface area (Å²) in [6, 6.07) is 12.2. The Bertz CT molecular complexity index is 1240. The van der Waals surface area contributed by atoms with Gasteiger partial charge in [0.25, 0.3) is 0 Å². The first-order chi connectivity index (χ1) is 16.5. The van der Waals surface area contributed by atoms with Gasteiger partial charge in [0.05, 0.1) is 43.8 Å². The molecule has 2 aliphatic heterocycles. The lowest BCUT2D eigenvalue weighted by Gasteiger charge is -2.44. The fourth-order valence-corrected chi connectivity index (χ4v) is 5.83. The highest BCUT2D eigenvalue weighted by Gasteiger charge is 2.35. The van der Waals surface area contributed by atoms with E-state index in [1.54, 1.807) is 0 Å². The smallest absolute Gasteiger partial charge is 0.309 e. The van der Waals surface area contributed by atoms with Crippen molar-refractivity contribution in [2.75, 3.05) is 49.7 Å². The van der Waals surface area contributed by atoms with E-state index in [9.17, 15) is 9.59 Å². The van der Waals surface area contributed by atoms with Crippen molar-refractivity contribution in [2.24, 2.45) is 0 Å². The fourth-order valence-electron chi connectivity index (χ4n) is 4.78. The highest BCUT2D eigenvalue weighted by atomic mass is 35.5. The van der Waals surface area contributed by atoms with E-state index in [-0.39, 0.29) is 19.3 Å². The molecular weight excluding hydrogens is 484 g/mol. The molecule has 2 aliphatic rings. The monoisotopic (exact) mass is 514 g/mol. The number of nitrogens with one attached hydrogen (secondary N) is 1. The van der Waals surface area contributed by atoms with Gasteiger partial charge in [-0.15, -0.1) is 0 Å². The number of nitrogens with zero attached hydrogens (tertiary/aromatic N) is 3. The standard InChI is InChI=1S/C25H27ClN4O3S.CH3/c1-2-24(32)33-16-30(10-7-17-13-18-14-23(31)27-21(18)15-20(17)26)11-8-29(9-12-30)25-19-5-3-4-6-22(19)34-28-25;/h3-6,13,15H,2,7-12,14,16H2,1H3;1H3/q;-1/p+1. The molecule has 9 heteroatoms. The Kier molecular flexibility index (Phi) is 7.64. The zero-order valence-corrected chi connectivity index (χ0v) is 21.8. The van der Waals surface area contributed by atoms with Crippen LogP contribution in [-0.4, -0.2) is 60.2 Å². The maximum Gasteiger partial charge on any atom is 0.309 e. The number of ether oxygens (including phenoxy) is 1. The predicted molar refractivity (Wildman–Crippen MR) is 142 cm³/mol. The number of carbonyl (C=O) groups is 2. The van der Waals surface area contributed by atoms with E-state index >= 15 is 0 Å². The summed E-state index contributed by atoms with van der Waals surface area (Å²) in [5.41, 5.74) is 2.83. The van der Waals surface area contributed by atoms with Gasteiger partial charge in [0, 0.05) is 28.9 Å². The quantitative estimate of drug-likeness (QED) is 0.281. The number of fused-ring (bicyclic) bond motifs is 2. The minimum atomic E-state index is -0.175. The molecule has 35 heavy (non-hydrogen) atoms. The summed E-state index contributed by atoms with van der Waals surface area (Å²) in [5.74, 6) is 0.872. The molecule has 3 heterocycles. The average molecular weight is 515 g/mol. The molecule has 1 N–H and O–H groups in total. The van der Waals surface area contributed by atoms with Gasteiger partial charge < -0.3 is 22.4 Å². The number of amides is 1. The molecule has 1 saturated heterocycles. The summed E-state index contributed by atoms with van der Waals surface area (Å²) in [6.45, 7) is 6.37. The number of benzene rings is 2. The number of aromatic nitrogens is 1. The van der Waals surface area contributed by atoms with Crippen molar-refractivity contribution in [3.63, 3.8) is 0 Å². The van der Waals surface area contributed by atoms with E-state index in [0.29, 0.717) is 29.1 Å². The Labute approximate surface area is 215 Å². The van der Waals surface area contributed by atoms with Gasteiger partial charge in [0.1, 0.15) is 0 Å². The normalized spacial score (nSPS) is 16.5. The van der Waals surface area contributed by atoms with Gasteiger partial charge in [-0.25, -0.2) is 0 Å². The number of quaternary nitrogens is 1. The largest absolute Gasteiger partial charge is 0.415 e. The van der Waals surface area contributed by atoms with Gasteiger partial charge in [-0.2, -0.15) is 4.37 Å². The minimum Gasteiger partial charge on any atom is -0.415 e. The van der Waals surface area contributed by atoms with Gasteiger partial charge in [-0.05, 0) is 40.9 Å². The number of esters is 1. The molecule has 0 spiro atoms. The number of hydrogen-bond donors (Lipinski definition) is 1. The van der Waals surface area contributed by atoms with Crippen molar-refractivity contribution >= 4 is 56.6 Å². The number of anilines is 2. The Balaban J connectivity index is 0.00000289. The average Bonchev–Trinajstić information content (AvgIpc) is 3.44. The van der Waals surface area contributed by atoms with Crippen molar-refractivity contribution in [3.8, 4) is 0 Å². The van der Waals surface area contributed by atoms with Crippen LogP contribution in [0.25, 0.3) is 10.1 Å². The van der Waals surface area contributed by atoms with Crippen molar-refractivity contribution in [3.05, 3.63) is 60.0 Å². The summed E-state index contributed by atoms with van der Waals surface area (Å²) in [5, 5.41) is 4.71. The van der Waals surface area contributed by atoms with Crippen LogP contribution in [0.2, 0.25) is 5.02 Å². The van der Waals surface area contributed by atoms with E-state index in [0.717, 1.165) is 61.8 Å². The Hall–Kier alpha value is -2.68. The van der Waals surface area contributed by atoms with Crippen LogP contribution < -0.4 is 10.2 Å². The second-order valence-electron chi connectivity index (χ2n) is 9.08. The molecule has 1 aromatic heterocycles. The SMILES string of the molecule is CCC(=O)OC[N+]1(CCc2cc3c(cc2Cl)NC(=O)C3)CCN(c2nsc3ccccc23)CC1.[CH3-]. The molecule has 0 unspecified atom stereocenters. The molecule has 7 nitrogen and oxygen atoms in total. The fraction of sp³-hybridized carbons (Fsp3) is 0.385. The zero-order valence-electron chi connectivity index (χ0n) is 20.2. The molecule has 3 aromatic rings. The van der Waals surface area contributed by atoms with Crippen molar-refractivity contribution < 1.29 is 18.8 Å². The van der Waals surface area contributed by atoms with Crippen LogP contribution in [0.3, 0.4) is 0 Å². The number of halogens is 1. The third kappa shape index (κ3) is 5.29. The van der Waals surface area contributed by atoms with E-state index < -0.39 is 0 Å². The first-order valence-corrected chi connectivity index (χ1v) is 12.8. The second kappa shape index (κ2) is 10.5. The molecule has 2 aromatic carbocycles. The van der Waals surface area contributed by atoms with Crippen molar-refractivity contribution in [1.82, 2.24) is 4.37 Å². The third-order valence-corrected chi connectivity index (χ3v) is 8.06. The van der Waals surface area contributed by atoms with E-state index in [1.807, 2.05) is 25.1 Å². The molecule has 0 atom stereocenters. The predicted octanol–water partition coefficient (Wildman–Crippen LogP) is 4.68. The summed E-state index contributed by atoms with van der Waals surface area (Å²) in [7, 11) is 0. The summed E-state index contributed by atoms with van der Waals surface area (Å²) in [4.78, 5) is 26.1. The molecule has 1 amide bonds. The Morgan fingerprint density at radius 1 is 1.26 bits per heavy atom. The summed E-state index contributed by atoms with van der Waals surface area (Å²) in [6.07, 6.45) is 1.52. The second-order valence-corrected chi connectivity index (χ2v) is 10.3. The first kappa shape index (κ1) is 25.4. The van der Waals surface area contributed by atoms with E-state index in [4.69, 9.17) is 20.7 Å². The van der Waals surface area contributed by atoms with Crippen LogP contribution in [0, 0.1) is 7.43 Å². The molecule has 186 valence electrons. The minimum absolute atomic E-state index is 0. The van der Waals surface area contributed by atoms with Crippen LogP contribution in [-0.2, 0) is 27.2 Å². The van der Waals surface area contributed by atoms with Crippen LogP contribution in [0.4, 0.5) is 11.5 Å². The van der Waals surface area contributed by atoms with Crippen LogP contribution in [0.1, 0.15) is 24.5 Å². The molecule has 0 aliphatic carbocycles. The highest BCUT2D eigenvalue weighted by Crippen LogP contribution is 2.32. The molecule has 0 bridgehead atoms. The molecule has 0 saturated carbocycles. The maximum atomic E-state index is 12.0. The maximum absolute atomic E-state index is 12.0. The zero-order chi connectivity index (χ0) is 23.7. The Morgan fingerprint density at radius 2 is 2.03 bits per heavy atom.